The molecule has 0 saturated carbocycles. The molecule has 0 radical (unpaired) electrons. The summed E-state index contributed by atoms with van der Waals surface area (Å²) in [4.78, 5) is 44.7. The lowest BCUT2D eigenvalue weighted by Gasteiger charge is -2.08. The molecule has 0 spiro atoms. The number of ether oxygens (including phenoxy) is 2. The van der Waals surface area contributed by atoms with E-state index in [1.807, 2.05) is 0 Å². The molecule has 0 aliphatic rings. The van der Waals surface area contributed by atoms with Gasteiger partial charge >= 0.3 is 0 Å². The molecular weight excluding hydrogens is 368 g/mol. The van der Waals surface area contributed by atoms with Gasteiger partial charge in [0.05, 0.1) is 26.4 Å². The Kier molecular flexibility index (Phi) is 16.0. The monoisotopic (exact) mass is 398 g/mol. The Morgan fingerprint density at radius 1 is 0.607 bits per heavy atom. The van der Waals surface area contributed by atoms with Crippen LogP contribution in [0.2, 0.25) is 0 Å². The summed E-state index contributed by atoms with van der Waals surface area (Å²) in [5.74, 6) is -0.978. The summed E-state index contributed by atoms with van der Waals surface area (Å²) < 4.78 is 10.6. The molecule has 0 rings (SSSR count). The SMILES string of the molecule is C=CC(=O)NCCC(=O)NCCOCCOCCNC(=O)CCNC(=O)C=C. The van der Waals surface area contributed by atoms with E-state index in [0.29, 0.717) is 39.5 Å². The summed E-state index contributed by atoms with van der Waals surface area (Å²) in [6.45, 7) is 9.31. The zero-order valence-corrected chi connectivity index (χ0v) is 16.1. The Bertz CT molecular complexity index is 478. The molecule has 0 heterocycles. The average Bonchev–Trinajstić information content (AvgIpc) is 2.68. The summed E-state index contributed by atoms with van der Waals surface area (Å²) in [6, 6.07) is 0. The van der Waals surface area contributed by atoms with Gasteiger partial charge in [-0.1, -0.05) is 13.2 Å². The fourth-order valence-corrected chi connectivity index (χ4v) is 1.77. The number of carbonyl (C=O) groups is 4. The minimum Gasteiger partial charge on any atom is -0.377 e. The van der Waals surface area contributed by atoms with Crippen LogP contribution in [0.15, 0.2) is 25.3 Å². The highest BCUT2D eigenvalue weighted by atomic mass is 16.5. The van der Waals surface area contributed by atoms with Crippen LogP contribution in [-0.4, -0.2) is 76.2 Å². The second-order valence-electron chi connectivity index (χ2n) is 5.41. The molecule has 0 unspecified atom stereocenters. The van der Waals surface area contributed by atoms with Crippen molar-refractivity contribution in [1.29, 1.82) is 0 Å². The first-order valence-electron chi connectivity index (χ1n) is 8.99. The van der Waals surface area contributed by atoms with Crippen molar-refractivity contribution in [3.63, 3.8) is 0 Å². The highest BCUT2D eigenvalue weighted by molar-refractivity contribution is 5.87. The Morgan fingerprint density at radius 3 is 1.36 bits per heavy atom. The third kappa shape index (κ3) is 16.7. The number of hydrogen-bond acceptors (Lipinski definition) is 6. The lowest BCUT2D eigenvalue weighted by atomic mass is 10.4. The fraction of sp³-hybridized carbons (Fsp3) is 0.556. The highest BCUT2D eigenvalue weighted by Crippen LogP contribution is 1.82. The molecule has 10 heteroatoms. The van der Waals surface area contributed by atoms with E-state index >= 15 is 0 Å². The van der Waals surface area contributed by atoms with Gasteiger partial charge in [0.15, 0.2) is 0 Å². The first-order valence-corrected chi connectivity index (χ1v) is 8.99. The van der Waals surface area contributed by atoms with Crippen molar-refractivity contribution in [3.8, 4) is 0 Å². The van der Waals surface area contributed by atoms with E-state index in [9.17, 15) is 19.2 Å². The van der Waals surface area contributed by atoms with Crippen LogP contribution in [0.3, 0.4) is 0 Å². The van der Waals surface area contributed by atoms with E-state index < -0.39 is 0 Å². The first kappa shape index (κ1) is 25.3. The van der Waals surface area contributed by atoms with E-state index in [2.05, 4.69) is 34.4 Å². The summed E-state index contributed by atoms with van der Waals surface area (Å²) in [6.07, 6.45) is 2.67. The van der Waals surface area contributed by atoms with Gasteiger partial charge in [-0.25, -0.2) is 0 Å². The van der Waals surface area contributed by atoms with Crippen LogP contribution in [0, 0.1) is 0 Å². The van der Waals surface area contributed by atoms with E-state index in [1.165, 1.54) is 0 Å². The molecule has 0 fully saturated rings. The van der Waals surface area contributed by atoms with Crippen LogP contribution in [0.5, 0.6) is 0 Å². The van der Waals surface area contributed by atoms with Gasteiger partial charge in [-0.05, 0) is 12.2 Å². The Hall–Kier alpha value is -2.72. The number of rotatable bonds is 17. The third-order valence-electron chi connectivity index (χ3n) is 3.18. The number of amides is 4. The molecule has 0 bridgehead atoms. The Balaban J connectivity index is 3.35. The van der Waals surface area contributed by atoms with Crippen LogP contribution < -0.4 is 21.3 Å². The molecule has 4 N–H and O–H groups in total. The van der Waals surface area contributed by atoms with E-state index in [1.54, 1.807) is 0 Å². The van der Waals surface area contributed by atoms with Gasteiger partial charge in [0, 0.05) is 39.0 Å². The largest absolute Gasteiger partial charge is 0.377 e. The molecule has 28 heavy (non-hydrogen) atoms. The smallest absolute Gasteiger partial charge is 0.243 e. The first-order chi connectivity index (χ1) is 13.5. The van der Waals surface area contributed by atoms with Gasteiger partial charge in [-0.15, -0.1) is 0 Å². The molecule has 4 amide bonds. The van der Waals surface area contributed by atoms with E-state index in [-0.39, 0.29) is 49.6 Å². The lowest BCUT2D eigenvalue weighted by molar-refractivity contribution is -0.123. The standard InChI is InChI=1S/C18H30N4O6/c1-3-15(23)19-7-5-17(25)21-9-11-27-13-14-28-12-10-22-18(26)6-8-20-16(24)4-2/h3-4H,1-2,5-14H2,(H,19,23)(H,20,24)(H,21,25)(H,22,26). The van der Waals surface area contributed by atoms with E-state index in [0.717, 1.165) is 12.2 Å². The van der Waals surface area contributed by atoms with Gasteiger partial charge < -0.3 is 30.7 Å². The maximum absolute atomic E-state index is 11.5. The predicted molar refractivity (Wildman–Crippen MR) is 103 cm³/mol. The van der Waals surface area contributed by atoms with E-state index in [4.69, 9.17) is 9.47 Å². The lowest BCUT2D eigenvalue weighted by Crippen LogP contribution is -2.32. The van der Waals surface area contributed by atoms with Crippen LogP contribution in [0.1, 0.15) is 12.8 Å². The fourth-order valence-electron chi connectivity index (χ4n) is 1.77. The molecule has 0 atom stereocenters. The molecule has 0 aromatic rings. The summed E-state index contributed by atoms with van der Waals surface area (Å²) in [7, 11) is 0. The zero-order chi connectivity index (χ0) is 21.0. The Labute approximate surface area is 165 Å². The van der Waals surface area contributed by atoms with Crippen LogP contribution >= 0.6 is 0 Å². The molecule has 158 valence electrons. The second kappa shape index (κ2) is 17.7. The molecule has 0 aliphatic heterocycles. The molecular formula is C18H30N4O6. The third-order valence-corrected chi connectivity index (χ3v) is 3.18. The van der Waals surface area contributed by atoms with Gasteiger partial charge in [-0.2, -0.15) is 0 Å². The topological polar surface area (TPSA) is 135 Å². The van der Waals surface area contributed by atoms with Crippen molar-refractivity contribution < 1.29 is 28.7 Å². The molecule has 0 aromatic carbocycles. The number of nitrogens with one attached hydrogen (secondary N) is 4. The van der Waals surface area contributed by atoms with Crippen LogP contribution in [-0.2, 0) is 28.7 Å². The molecule has 0 saturated heterocycles. The van der Waals surface area contributed by atoms with Gasteiger partial charge in [-0.3, -0.25) is 19.2 Å². The maximum Gasteiger partial charge on any atom is 0.243 e. The minimum atomic E-state index is -0.312. The summed E-state index contributed by atoms with van der Waals surface area (Å²) in [5, 5.41) is 10.3. The molecule has 10 nitrogen and oxygen atoms in total. The highest BCUT2D eigenvalue weighted by Gasteiger charge is 2.02. The van der Waals surface area contributed by atoms with Crippen molar-refractivity contribution in [1.82, 2.24) is 21.3 Å². The van der Waals surface area contributed by atoms with Crippen molar-refractivity contribution in [2.75, 3.05) is 52.6 Å². The summed E-state index contributed by atoms with van der Waals surface area (Å²) in [5.41, 5.74) is 0. The maximum atomic E-state index is 11.5. The van der Waals surface area contributed by atoms with Crippen molar-refractivity contribution >= 4 is 23.6 Å². The zero-order valence-electron chi connectivity index (χ0n) is 16.1. The van der Waals surface area contributed by atoms with Gasteiger partial charge in [0.1, 0.15) is 0 Å². The molecule has 0 aromatic heterocycles. The van der Waals surface area contributed by atoms with Crippen molar-refractivity contribution in [3.05, 3.63) is 25.3 Å². The normalized spacial score (nSPS) is 9.86. The number of hydrogen-bond donors (Lipinski definition) is 4. The summed E-state index contributed by atoms with van der Waals surface area (Å²) >= 11 is 0. The van der Waals surface area contributed by atoms with Gasteiger partial charge in [0.2, 0.25) is 23.6 Å². The number of carbonyl (C=O) groups excluding carboxylic acids is 4. The predicted octanol–water partition coefficient (Wildman–Crippen LogP) is -1.36. The quantitative estimate of drug-likeness (QED) is 0.177. The average molecular weight is 398 g/mol. The Morgan fingerprint density at radius 2 is 1.00 bits per heavy atom. The minimum absolute atomic E-state index is 0.177. The molecule has 0 aliphatic carbocycles. The van der Waals surface area contributed by atoms with Crippen LogP contribution in [0.4, 0.5) is 0 Å². The van der Waals surface area contributed by atoms with Crippen LogP contribution in [0.25, 0.3) is 0 Å². The van der Waals surface area contributed by atoms with Crippen molar-refractivity contribution in [2.24, 2.45) is 0 Å². The van der Waals surface area contributed by atoms with Crippen molar-refractivity contribution in [2.45, 2.75) is 12.8 Å². The second-order valence-corrected chi connectivity index (χ2v) is 5.41. The van der Waals surface area contributed by atoms with Gasteiger partial charge in [0.25, 0.3) is 0 Å².